The topological polar surface area (TPSA) is 76.0 Å². The lowest BCUT2D eigenvalue weighted by Gasteiger charge is -2.43. The van der Waals surface area contributed by atoms with Crippen LogP contribution < -0.4 is 4.74 Å². The van der Waals surface area contributed by atoms with Crippen LogP contribution in [0.4, 0.5) is 0 Å². The van der Waals surface area contributed by atoms with Gasteiger partial charge in [0, 0.05) is 17.7 Å². The number of halogens is 1. The largest absolute Gasteiger partial charge is 0.478 e. The van der Waals surface area contributed by atoms with Crippen LogP contribution in [0.15, 0.2) is 30.3 Å². The molecule has 1 aliphatic rings. The highest BCUT2D eigenvalue weighted by Crippen LogP contribution is 2.50. The number of fused-ring (bicyclic) bond motifs is 1. The lowest BCUT2D eigenvalue weighted by atomic mass is 9.62. The Labute approximate surface area is 207 Å². The monoisotopic (exact) mass is 484 g/mol. The van der Waals surface area contributed by atoms with Gasteiger partial charge in [0.25, 0.3) is 0 Å². The maximum atomic E-state index is 11.2. The standard InChI is InChI=1S/C28H33ClO5/c1-7-33-17(2)34-24-16-19(15-21-25(24)28(5,6)13-12-27(21,3)4)23(30)11-9-18-8-10-20(26(31)32)22(29)14-18/h8,10,14-17,23,30H,7,12-13H2,1-6H3,(H,31,32). The van der Waals surface area contributed by atoms with E-state index in [-0.39, 0.29) is 21.4 Å². The molecule has 0 saturated carbocycles. The van der Waals surface area contributed by atoms with Gasteiger partial charge in [-0.15, -0.1) is 0 Å². The van der Waals surface area contributed by atoms with Gasteiger partial charge >= 0.3 is 5.97 Å². The maximum absolute atomic E-state index is 11.2. The summed E-state index contributed by atoms with van der Waals surface area (Å²) < 4.78 is 11.9. The minimum atomic E-state index is -1.10. The number of aliphatic hydroxyl groups excluding tert-OH is 1. The second-order valence-electron chi connectivity index (χ2n) is 10.0. The lowest BCUT2D eigenvalue weighted by molar-refractivity contribution is -0.0625. The summed E-state index contributed by atoms with van der Waals surface area (Å²) in [5.74, 6) is 5.38. The van der Waals surface area contributed by atoms with Crippen molar-refractivity contribution in [1.29, 1.82) is 0 Å². The molecule has 0 amide bonds. The second-order valence-corrected chi connectivity index (χ2v) is 10.4. The van der Waals surface area contributed by atoms with Gasteiger partial charge in [0.2, 0.25) is 0 Å². The van der Waals surface area contributed by atoms with Crippen LogP contribution in [0.1, 0.15) is 93.1 Å². The first-order valence-corrected chi connectivity index (χ1v) is 11.9. The summed E-state index contributed by atoms with van der Waals surface area (Å²) in [7, 11) is 0. The number of carboxylic acids is 1. The summed E-state index contributed by atoms with van der Waals surface area (Å²) in [6, 6.07) is 8.37. The molecule has 182 valence electrons. The molecule has 0 spiro atoms. The van der Waals surface area contributed by atoms with Crippen LogP contribution in [0.2, 0.25) is 5.02 Å². The van der Waals surface area contributed by atoms with Crippen molar-refractivity contribution in [3.8, 4) is 17.6 Å². The molecule has 2 N–H and O–H groups in total. The molecule has 0 saturated heterocycles. The summed E-state index contributed by atoms with van der Waals surface area (Å²) >= 11 is 6.05. The molecule has 0 heterocycles. The van der Waals surface area contributed by atoms with Gasteiger partial charge in [0.05, 0.1) is 10.6 Å². The molecule has 0 radical (unpaired) electrons. The number of benzene rings is 2. The molecule has 2 unspecified atom stereocenters. The Balaban J connectivity index is 2.05. The van der Waals surface area contributed by atoms with Crippen molar-refractivity contribution in [3.05, 3.63) is 63.2 Å². The summed E-state index contributed by atoms with van der Waals surface area (Å²) in [4.78, 5) is 11.2. The van der Waals surface area contributed by atoms with Gasteiger partial charge in [0.1, 0.15) is 11.9 Å². The van der Waals surface area contributed by atoms with Crippen molar-refractivity contribution < 1.29 is 24.5 Å². The van der Waals surface area contributed by atoms with Crippen LogP contribution in [0, 0.1) is 11.8 Å². The molecule has 2 atom stereocenters. The summed E-state index contributed by atoms with van der Waals surface area (Å²) in [5, 5.41) is 20.2. The van der Waals surface area contributed by atoms with Crippen molar-refractivity contribution in [1.82, 2.24) is 0 Å². The summed E-state index contributed by atoms with van der Waals surface area (Å²) in [6.45, 7) is 13.2. The number of carboxylic acid groups (broad SMARTS) is 1. The number of hydrogen-bond donors (Lipinski definition) is 2. The fourth-order valence-corrected chi connectivity index (χ4v) is 4.71. The molecule has 2 aromatic rings. The molecule has 0 aromatic heterocycles. The van der Waals surface area contributed by atoms with E-state index in [1.54, 1.807) is 6.07 Å². The zero-order valence-electron chi connectivity index (χ0n) is 20.7. The molecular formula is C28H33ClO5. The number of aliphatic hydroxyl groups is 1. The first kappa shape index (κ1) is 26.1. The van der Waals surface area contributed by atoms with Gasteiger partial charge < -0.3 is 19.7 Å². The Kier molecular flexibility index (Phi) is 7.67. The van der Waals surface area contributed by atoms with Crippen LogP contribution in [0.3, 0.4) is 0 Å². The normalized spacial score (nSPS) is 17.6. The fraction of sp³-hybridized carbons (Fsp3) is 0.464. The summed E-state index contributed by atoms with van der Waals surface area (Å²) in [5.41, 5.74) is 3.31. The molecule has 6 heteroatoms. The van der Waals surface area contributed by atoms with Crippen molar-refractivity contribution in [2.24, 2.45) is 0 Å². The summed E-state index contributed by atoms with van der Waals surface area (Å²) in [6.07, 6.45) is 0.561. The van der Waals surface area contributed by atoms with Crippen LogP contribution in [0.25, 0.3) is 0 Å². The van der Waals surface area contributed by atoms with Gasteiger partial charge in [-0.1, -0.05) is 57.2 Å². The third-order valence-electron chi connectivity index (χ3n) is 6.47. The van der Waals surface area contributed by atoms with Crippen molar-refractivity contribution in [2.45, 2.75) is 77.6 Å². The van der Waals surface area contributed by atoms with Gasteiger partial charge in [-0.05, 0) is 72.9 Å². The number of ether oxygens (including phenoxy) is 2. The zero-order chi connectivity index (χ0) is 25.3. The first-order valence-electron chi connectivity index (χ1n) is 11.6. The molecule has 1 aliphatic carbocycles. The third kappa shape index (κ3) is 5.58. The smallest absolute Gasteiger partial charge is 0.337 e. The molecule has 0 fully saturated rings. The second kappa shape index (κ2) is 10.00. The van der Waals surface area contributed by atoms with E-state index in [2.05, 4.69) is 39.5 Å². The van der Waals surface area contributed by atoms with E-state index in [1.807, 2.05) is 26.0 Å². The third-order valence-corrected chi connectivity index (χ3v) is 6.78. The van der Waals surface area contributed by atoms with E-state index < -0.39 is 18.4 Å². The number of hydrogen-bond acceptors (Lipinski definition) is 4. The SMILES string of the molecule is CCOC(C)Oc1cc(C(O)C#Cc2ccc(C(=O)O)c(Cl)c2)cc2c1C(C)(C)CCC2(C)C. The van der Waals surface area contributed by atoms with Crippen LogP contribution in [-0.4, -0.2) is 29.1 Å². The Morgan fingerprint density at radius 1 is 1.15 bits per heavy atom. The van der Waals surface area contributed by atoms with Crippen LogP contribution in [0.5, 0.6) is 5.75 Å². The van der Waals surface area contributed by atoms with E-state index in [4.69, 9.17) is 26.2 Å². The van der Waals surface area contributed by atoms with Crippen LogP contribution in [-0.2, 0) is 15.6 Å². The minimum absolute atomic E-state index is 0.0116. The van der Waals surface area contributed by atoms with E-state index in [1.165, 1.54) is 12.1 Å². The Hall–Kier alpha value is -2.52. The molecule has 3 rings (SSSR count). The average molecular weight is 485 g/mol. The van der Waals surface area contributed by atoms with E-state index in [0.717, 1.165) is 24.0 Å². The van der Waals surface area contributed by atoms with E-state index in [9.17, 15) is 9.90 Å². The van der Waals surface area contributed by atoms with Crippen molar-refractivity contribution in [2.75, 3.05) is 6.61 Å². The van der Waals surface area contributed by atoms with E-state index >= 15 is 0 Å². The van der Waals surface area contributed by atoms with Gasteiger partial charge in [-0.3, -0.25) is 0 Å². The van der Waals surface area contributed by atoms with Crippen LogP contribution >= 0.6 is 11.6 Å². The highest BCUT2D eigenvalue weighted by molar-refractivity contribution is 6.33. The molecule has 5 nitrogen and oxygen atoms in total. The molecule has 0 bridgehead atoms. The lowest BCUT2D eigenvalue weighted by Crippen LogP contribution is -2.35. The van der Waals surface area contributed by atoms with Crippen molar-refractivity contribution >= 4 is 17.6 Å². The van der Waals surface area contributed by atoms with E-state index in [0.29, 0.717) is 23.5 Å². The number of rotatable bonds is 6. The molecular weight excluding hydrogens is 452 g/mol. The number of carbonyl (C=O) groups is 1. The quantitative estimate of drug-likeness (QED) is 0.375. The fourth-order valence-electron chi connectivity index (χ4n) is 4.45. The Bertz CT molecular complexity index is 1140. The van der Waals surface area contributed by atoms with Gasteiger partial charge in [-0.2, -0.15) is 0 Å². The van der Waals surface area contributed by atoms with Crippen molar-refractivity contribution in [3.63, 3.8) is 0 Å². The molecule has 34 heavy (non-hydrogen) atoms. The average Bonchev–Trinajstić information content (AvgIpc) is 2.74. The maximum Gasteiger partial charge on any atom is 0.337 e. The predicted octanol–water partition coefficient (Wildman–Crippen LogP) is 6.23. The Morgan fingerprint density at radius 3 is 2.44 bits per heavy atom. The van der Waals surface area contributed by atoms with Gasteiger partial charge in [-0.25, -0.2) is 4.79 Å². The zero-order valence-corrected chi connectivity index (χ0v) is 21.4. The van der Waals surface area contributed by atoms with Gasteiger partial charge in [0.15, 0.2) is 6.29 Å². The molecule has 2 aromatic carbocycles. The Morgan fingerprint density at radius 2 is 1.82 bits per heavy atom. The number of aromatic carboxylic acids is 1. The minimum Gasteiger partial charge on any atom is -0.478 e. The first-order chi connectivity index (χ1) is 15.9. The molecule has 0 aliphatic heterocycles. The highest BCUT2D eigenvalue weighted by Gasteiger charge is 2.40. The predicted molar refractivity (Wildman–Crippen MR) is 134 cm³/mol. The highest BCUT2D eigenvalue weighted by atomic mass is 35.5.